The second-order valence-corrected chi connectivity index (χ2v) is 4.53. The molecule has 0 atom stereocenters. The maximum absolute atomic E-state index is 12.9. The lowest BCUT2D eigenvalue weighted by molar-refractivity contribution is -0.148. The van der Waals surface area contributed by atoms with E-state index in [9.17, 15) is 22.4 Å². The Hall–Kier alpha value is -1.70. The molecule has 20 heavy (non-hydrogen) atoms. The molecule has 0 radical (unpaired) electrons. The van der Waals surface area contributed by atoms with E-state index in [4.69, 9.17) is 0 Å². The lowest BCUT2D eigenvalue weighted by Gasteiger charge is -2.34. The van der Waals surface area contributed by atoms with E-state index < -0.39 is 24.6 Å². The van der Waals surface area contributed by atoms with Gasteiger partial charge in [-0.05, 0) is 12.1 Å². The zero-order chi connectivity index (χ0) is 14.8. The van der Waals surface area contributed by atoms with Crippen LogP contribution in [0.1, 0.15) is 10.5 Å². The molecule has 2 rings (SSSR count). The molecule has 0 N–H and O–H groups in total. The Morgan fingerprint density at radius 3 is 2.40 bits per heavy atom. The first-order valence-electron chi connectivity index (χ1n) is 6.06. The van der Waals surface area contributed by atoms with Crippen LogP contribution in [0.3, 0.4) is 0 Å². The summed E-state index contributed by atoms with van der Waals surface area (Å²) in [6.45, 7) is -0.353. The minimum Gasteiger partial charge on any atom is -0.335 e. The highest BCUT2D eigenvalue weighted by Gasteiger charge is 2.33. The number of carbonyl (C=O) groups is 1. The fraction of sp³-hybridized carbons (Fsp3) is 0.500. The Kier molecular flexibility index (Phi) is 4.22. The van der Waals surface area contributed by atoms with Crippen LogP contribution in [0.25, 0.3) is 0 Å². The summed E-state index contributed by atoms with van der Waals surface area (Å²) in [6.07, 6.45) is -4.24. The van der Waals surface area contributed by atoms with E-state index in [1.807, 2.05) is 0 Å². The summed E-state index contributed by atoms with van der Waals surface area (Å²) in [5.41, 5.74) is -0.0331. The van der Waals surface area contributed by atoms with Gasteiger partial charge in [-0.25, -0.2) is 4.98 Å². The van der Waals surface area contributed by atoms with Gasteiger partial charge >= 0.3 is 6.18 Å². The number of amides is 1. The summed E-state index contributed by atoms with van der Waals surface area (Å²) in [4.78, 5) is 18.1. The van der Waals surface area contributed by atoms with Gasteiger partial charge in [0.15, 0.2) is 0 Å². The Bertz CT molecular complexity index is 484. The van der Waals surface area contributed by atoms with E-state index in [1.54, 1.807) is 0 Å². The zero-order valence-electron chi connectivity index (χ0n) is 10.5. The van der Waals surface area contributed by atoms with E-state index in [-0.39, 0.29) is 31.9 Å². The van der Waals surface area contributed by atoms with Gasteiger partial charge in [0, 0.05) is 26.2 Å². The van der Waals surface area contributed by atoms with E-state index in [0.717, 1.165) is 6.07 Å². The van der Waals surface area contributed by atoms with E-state index in [1.165, 1.54) is 21.9 Å². The number of rotatable bonds is 2. The molecular weight excluding hydrogens is 278 g/mol. The Labute approximate surface area is 113 Å². The number of nitrogens with zero attached hydrogens (tertiary/aromatic N) is 3. The zero-order valence-corrected chi connectivity index (χ0v) is 10.5. The standard InChI is InChI=1S/C12H13F4N3O/c13-10-3-1-2-9(17-10)11(20)19-6-4-18(5-7-19)8-12(14,15)16/h1-3H,4-8H2. The number of hydrogen-bond donors (Lipinski definition) is 0. The molecule has 0 saturated carbocycles. The number of halogens is 4. The molecule has 8 heteroatoms. The first-order chi connectivity index (χ1) is 9.35. The number of pyridine rings is 1. The van der Waals surface area contributed by atoms with Crippen molar-refractivity contribution in [3.05, 3.63) is 29.8 Å². The van der Waals surface area contributed by atoms with Gasteiger partial charge in [0.05, 0.1) is 6.54 Å². The highest BCUT2D eigenvalue weighted by atomic mass is 19.4. The predicted molar refractivity (Wildman–Crippen MR) is 62.6 cm³/mol. The van der Waals surface area contributed by atoms with Crippen molar-refractivity contribution in [2.24, 2.45) is 0 Å². The minimum absolute atomic E-state index is 0.0331. The van der Waals surface area contributed by atoms with Gasteiger partial charge in [-0.3, -0.25) is 9.69 Å². The third-order valence-corrected chi connectivity index (χ3v) is 3.00. The molecule has 0 aromatic carbocycles. The van der Waals surface area contributed by atoms with Crippen LogP contribution in [0.4, 0.5) is 17.6 Å². The van der Waals surface area contributed by atoms with Crippen LogP contribution in [0, 0.1) is 5.95 Å². The van der Waals surface area contributed by atoms with Gasteiger partial charge in [-0.15, -0.1) is 0 Å². The molecule has 0 unspecified atom stereocenters. The Morgan fingerprint density at radius 1 is 1.20 bits per heavy atom. The first-order valence-corrected chi connectivity index (χ1v) is 6.06. The van der Waals surface area contributed by atoms with Gasteiger partial charge in [0.2, 0.25) is 5.95 Å². The number of alkyl halides is 3. The van der Waals surface area contributed by atoms with Gasteiger partial charge in [-0.1, -0.05) is 6.07 Å². The first kappa shape index (κ1) is 14.7. The van der Waals surface area contributed by atoms with Crippen molar-refractivity contribution in [1.29, 1.82) is 0 Å². The van der Waals surface area contributed by atoms with Gasteiger partial charge in [0.25, 0.3) is 5.91 Å². The molecule has 0 aliphatic carbocycles. The number of carbonyl (C=O) groups excluding carboxylic acids is 1. The minimum atomic E-state index is -4.24. The van der Waals surface area contributed by atoms with Gasteiger partial charge in [-0.2, -0.15) is 17.6 Å². The maximum Gasteiger partial charge on any atom is 0.401 e. The average molecular weight is 291 g/mol. The Morgan fingerprint density at radius 2 is 1.85 bits per heavy atom. The van der Waals surface area contributed by atoms with Crippen molar-refractivity contribution in [1.82, 2.24) is 14.8 Å². The predicted octanol–water partition coefficient (Wildman–Crippen LogP) is 1.54. The van der Waals surface area contributed by atoms with Crippen molar-refractivity contribution in [2.75, 3.05) is 32.7 Å². The molecule has 4 nitrogen and oxygen atoms in total. The van der Waals surface area contributed by atoms with Crippen molar-refractivity contribution < 1.29 is 22.4 Å². The van der Waals surface area contributed by atoms with E-state index >= 15 is 0 Å². The van der Waals surface area contributed by atoms with E-state index in [0.29, 0.717) is 0 Å². The maximum atomic E-state index is 12.9. The van der Waals surface area contributed by atoms with Crippen molar-refractivity contribution in [2.45, 2.75) is 6.18 Å². The van der Waals surface area contributed by atoms with Crippen LogP contribution in [-0.2, 0) is 0 Å². The fourth-order valence-electron chi connectivity index (χ4n) is 2.05. The second kappa shape index (κ2) is 5.74. The van der Waals surface area contributed by atoms with Crippen LogP contribution < -0.4 is 0 Å². The molecule has 2 heterocycles. The summed E-state index contributed by atoms with van der Waals surface area (Å²) in [6, 6.07) is 3.88. The second-order valence-electron chi connectivity index (χ2n) is 4.53. The molecule has 0 spiro atoms. The smallest absolute Gasteiger partial charge is 0.335 e. The van der Waals surface area contributed by atoms with Gasteiger partial charge < -0.3 is 4.90 Å². The number of hydrogen-bond acceptors (Lipinski definition) is 3. The monoisotopic (exact) mass is 291 g/mol. The molecule has 1 amide bonds. The molecule has 1 aromatic rings. The third kappa shape index (κ3) is 3.89. The molecule has 1 aliphatic heterocycles. The van der Waals surface area contributed by atoms with Crippen LogP contribution in [0.5, 0.6) is 0 Å². The summed E-state index contributed by atoms with van der Waals surface area (Å²) < 4.78 is 49.6. The molecule has 0 bridgehead atoms. The molecular formula is C12H13F4N3O. The van der Waals surface area contributed by atoms with E-state index in [2.05, 4.69) is 4.98 Å². The summed E-state index contributed by atoms with van der Waals surface area (Å²) >= 11 is 0. The third-order valence-electron chi connectivity index (χ3n) is 3.00. The van der Waals surface area contributed by atoms with Crippen LogP contribution in [0.15, 0.2) is 18.2 Å². The fourth-order valence-corrected chi connectivity index (χ4v) is 2.05. The summed E-state index contributed by atoms with van der Waals surface area (Å²) in [5, 5.41) is 0. The van der Waals surface area contributed by atoms with Crippen LogP contribution in [0.2, 0.25) is 0 Å². The quantitative estimate of drug-likeness (QED) is 0.612. The highest BCUT2D eigenvalue weighted by molar-refractivity contribution is 5.92. The average Bonchev–Trinajstić information content (AvgIpc) is 2.37. The van der Waals surface area contributed by atoms with Crippen molar-refractivity contribution in [3.63, 3.8) is 0 Å². The lowest BCUT2D eigenvalue weighted by atomic mass is 10.2. The normalized spacial score (nSPS) is 17.3. The molecule has 1 saturated heterocycles. The molecule has 1 fully saturated rings. The van der Waals surface area contributed by atoms with Crippen LogP contribution in [-0.4, -0.2) is 59.6 Å². The SMILES string of the molecule is O=C(c1cccc(F)n1)N1CCN(CC(F)(F)F)CC1. The highest BCUT2D eigenvalue weighted by Crippen LogP contribution is 2.18. The van der Waals surface area contributed by atoms with Crippen molar-refractivity contribution in [3.8, 4) is 0 Å². The largest absolute Gasteiger partial charge is 0.401 e. The molecule has 1 aromatic heterocycles. The van der Waals surface area contributed by atoms with Gasteiger partial charge in [0.1, 0.15) is 5.69 Å². The molecule has 110 valence electrons. The summed E-state index contributed by atoms with van der Waals surface area (Å²) in [7, 11) is 0. The topological polar surface area (TPSA) is 36.4 Å². The lowest BCUT2D eigenvalue weighted by Crippen LogP contribution is -2.51. The number of aromatic nitrogens is 1. The Balaban J connectivity index is 1.92. The number of piperazine rings is 1. The van der Waals surface area contributed by atoms with Crippen molar-refractivity contribution >= 4 is 5.91 Å². The summed E-state index contributed by atoms with van der Waals surface area (Å²) in [5.74, 6) is -1.22. The molecule has 1 aliphatic rings. The van der Waals surface area contributed by atoms with Crippen LogP contribution >= 0.6 is 0 Å².